The lowest BCUT2D eigenvalue weighted by Crippen LogP contribution is -2.47. The van der Waals surface area contributed by atoms with Gasteiger partial charge in [-0.1, -0.05) is 18.2 Å². The monoisotopic (exact) mass is 483 g/mol. The number of halogens is 3. The quantitative estimate of drug-likeness (QED) is 0.580. The molecule has 0 spiro atoms. The van der Waals surface area contributed by atoms with Crippen LogP contribution in [0, 0.1) is 17.5 Å². The van der Waals surface area contributed by atoms with Crippen LogP contribution in [0.1, 0.15) is 44.0 Å². The number of rotatable bonds is 5. The van der Waals surface area contributed by atoms with Gasteiger partial charge in [0, 0.05) is 31.5 Å². The summed E-state index contributed by atoms with van der Waals surface area (Å²) in [4.78, 5) is 47.1. The summed E-state index contributed by atoms with van der Waals surface area (Å²) >= 11 is 0. The molecular weight excluding hydrogens is 463 g/mol. The molecule has 1 aliphatic rings. The molecule has 0 atom stereocenters. The summed E-state index contributed by atoms with van der Waals surface area (Å²) in [6, 6.07) is 8.25. The van der Waals surface area contributed by atoms with Crippen molar-refractivity contribution in [3.05, 3.63) is 89.1 Å². The summed E-state index contributed by atoms with van der Waals surface area (Å²) in [6.07, 6.45) is 3.23. The van der Waals surface area contributed by atoms with Gasteiger partial charge >= 0.3 is 0 Å². The molecule has 35 heavy (non-hydrogen) atoms. The number of benzene rings is 2. The fourth-order valence-electron chi connectivity index (χ4n) is 3.76. The van der Waals surface area contributed by atoms with Gasteiger partial charge in [0.1, 0.15) is 23.0 Å². The first kappa shape index (κ1) is 23.9. The lowest BCUT2D eigenvalue weighted by molar-refractivity contribution is 0.0688. The van der Waals surface area contributed by atoms with E-state index in [0.29, 0.717) is 12.8 Å². The average Bonchev–Trinajstić information content (AvgIpc) is 2.85. The number of amides is 3. The molecule has 180 valence electrons. The fraction of sp³-hybridized carbons (Fsp3) is 0.208. The van der Waals surface area contributed by atoms with Crippen LogP contribution < -0.4 is 10.6 Å². The number of carbonyl (C=O) groups excluding carboxylic acids is 3. The summed E-state index contributed by atoms with van der Waals surface area (Å²) in [5, 5.41) is 5.17. The van der Waals surface area contributed by atoms with E-state index in [9.17, 15) is 27.6 Å². The summed E-state index contributed by atoms with van der Waals surface area (Å²) in [7, 11) is 0. The molecule has 0 unspecified atom stereocenters. The maximum Gasteiger partial charge on any atom is 0.273 e. The van der Waals surface area contributed by atoms with Crippen LogP contribution in [0.4, 0.5) is 19.0 Å². The normalized spacial score (nSPS) is 13.9. The van der Waals surface area contributed by atoms with Crippen LogP contribution >= 0.6 is 0 Å². The third kappa shape index (κ3) is 5.29. The minimum absolute atomic E-state index is 0.138. The van der Waals surface area contributed by atoms with E-state index in [1.54, 1.807) is 0 Å². The van der Waals surface area contributed by atoms with Gasteiger partial charge in [0.2, 0.25) is 0 Å². The molecule has 0 saturated carbocycles. The van der Waals surface area contributed by atoms with Gasteiger partial charge in [-0.25, -0.2) is 23.1 Å². The topological polar surface area (TPSA) is 104 Å². The van der Waals surface area contributed by atoms with Gasteiger partial charge < -0.3 is 15.5 Å². The number of anilines is 1. The Morgan fingerprint density at radius 2 is 1.46 bits per heavy atom. The van der Waals surface area contributed by atoms with Crippen molar-refractivity contribution in [2.75, 3.05) is 18.4 Å². The minimum Gasteiger partial charge on any atom is -0.348 e. The lowest BCUT2D eigenvalue weighted by Gasteiger charge is -2.32. The van der Waals surface area contributed by atoms with E-state index in [4.69, 9.17) is 0 Å². The van der Waals surface area contributed by atoms with Crippen molar-refractivity contribution >= 4 is 23.5 Å². The second-order valence-electron chi connectivity index (χ2n) is 7.82. The fourth-order valence-corrected chi connectivity index (χ4v) is 3.76. The maximum atomic E-state index is 13.9. The standard InChI is InChI=1S/C24H20F3N5O3/c25-16-5-2-1-4-15(16)22(33)31-21-20(28-10-11-29-21)23(34)30-14-8-12-32(13-9-14)24(35)19-17(26)6-3-7-18(19)27/h1-7,10-11,14H,8-9,12-13H2,(H,30,34)(H,29,31,33). The zero-order valence-corrected chi connectivity index (χ0v) is 18.3. The van der Waals surface area contributed by atoms with E-state index >= 15 is 0 Å². The van der Waals surface area contributed by atoms with Crippen LogP contribution in [0.15, 0.2) is 54.9 Å². The van der Waals surface area contributed by atoms with Crippen LogP contribution in [-0.4, -0.2) is 51.7 Å². The smallest absolute Gasteiger partial charge is 0.273 e. The highest BCUT2D eigenvalue weighted by atomic mass is 19.1. The Morgan fingerprint density at radius 3 is 2.14 bits per heavy atom. The van der Waals surface area contributed by atoms with Crippen molar-refractivity contribution in [2.45, 2.75) is 18.9 Å². The number of hydrogen-bond donors (Lipinski definition) is 2. The molecular formula is C24H20F3N5O3. The molecule has 4 rings (SSSR count). The van der Waals surface area contributed by atoms with Crippen LogP contribution in [-0.2, 0) is 0 Å². The van der Waals surface area contributed by atoms with Gasteiger partial charge in [-0.2, -0.15) is 0 Å². The number of piperidine rings is 1. The predicted octanol–water partition coefficient (Wildman–Crippen LogP) is 3.18. The van der Waals surface area contributed by atoms with Crippen molar-refractivity contribution < 1.29 is 27.6 Å². The summed E-state index contributed by atoms with van der Waals surface area (Å²) in [5.41, 5.74) is -0.984. The van der Waals surface area contributed by atoms with Crippen LogP contribution in [0.2, 0.25) is 0 Å². The first-order chi connectivity index (χ1) is 16.8. The molecule has 2 N–H and O–H groups in total. The zero-order chi connectivity index (χ0) is 24.9. The molecule has 11 heteroatoms. The number of nitrogens with zero attached hydrogens (tertiary/aromatic N) is 3. The van der Waals surface area contributed by atoms with Gasteiger partial charge in [-0.3, -0.25) is 14.4 Å². The molecule has 3 aromatic rings. The van der Waals surface area contributed by atoms with Crippen molar-refractivity contribution in [1.29, 1.82) is 0 Å². The number of likely N-dealkylation sites (tertiary alicyclic amines) is 1. The molecule has 1 fully saturated rings. The number of nitrogens with one attached hydrogen (secondary N) is 2. The van der Waals surface area contributed by atoms with Gasteiger partial charge in [0.15, 0.2) is 11.5 Å². The average molecular weight is 483 g/mol. The number of aromatic nitrogens is 2. The Kier molecular flexibility index (Phi) is 7.04. The number of hydrogen-bond acceptors (Lipinski definition) is 5. The maximum absolute atomic E-state index is 13.9. The lowest BCUT2D eigenvalue weighted by atomic mass is 10.0. The van der Waals surface area contributed by atoms with Crippen LogP contribution in [0.5, 0.6) is 0 Å². The van der Waals surface area contributed by atoms with Gasteiger partial charge in [0.25, 0.3) is 17.7 Å². The molecule has 8 nitrogen and oxygen atoms in total. The van der Waals surface area contributed by atoms with Crippen molar-refractivity contribution in [3.63, 3.8) is 0 Å². The van der Waals surface area contributed by atoms with E-state index < -0.39 is 40.7 Å². The summed E-state index contributed by atoms with van der Waals surface area (Å²) < 4.78 is 41.8. The molecule has 0 aliphatic carbocycles. The molecule has 3 amide bonds. The molecule has 2 heterocycles. The highest BCUT2D eigenvalue weighted by molar-refractivity contribution is 6.07. The van der Waals surface area contributed by atoms with E-state index in [2.05, 4.69) is 20.6 Å². The Balaban J connectivity index is 1.39. The Hall–Kier alpha value is -4.28. The summed E-state index contributed by atoms with van der Waals surface area (Å²) in [5.74, 6) is -4.89. The van der Waals surface area contributed by atoms with Crippen molar-refractivity contribution in [2.24, 2.45) is 0 Å². The third-order valence-corrected chi connectivity index (χ3v) is 5.56. The highest BCUT2D eigenvalue weighted by Gasteiger charge is 2.29. The molecule has 1 aliphatic heterocycles. The van der Waals surface area contributed by atoms with E-state index in [1.165, 1.54) is 41.6 Å². The van der Waals surface area contributed by atoms with E-state index in [1.807, 2.05) is 0 Å². The first-order valence-electron chi connectivity index (χ1n) is 10.8. The zero-order valence-electron chi connectivity index (χ0n) is 18.3. The second kappa shape index (κ2) is 10.3. The SMILES string of the molecule is O=C(Nc1nccnc1C(=O)NC1CCN(C(=O)c2c(F)cccc2F)CC1)c1ccccc1F. The largest absolute Gasteiger partial charge is 0.348 e. The second-order valence-corrected chi connectivity index (χ2v) is 7.82. The number of carbonyl (C=O) groups is 3. The van der Waals surface area contributed by atoms with Crippen molar-refractivity contribution in [1.82, 2.24) is 20.2 Å². The summed E-state index contributed by atoms with van der Waals surface area (Å²) in [6.45, 7) is 0.351. The molecule has 1 aromatic heterocycles. The molecule has 2 aromatic carbocycles. The Bertz CT molecular complexity index is 1260. The highest BCUT2D eigenvalue weighted by Crippen LogP contribution is 2.19. The predicted molar refractivity (Wildman–Crippen MR) is 119 cm³/mol. The van der Waals surface area contributed by atoms with Crippen LogP contribution in [0.3, 0.4) is 0 Å². The van der Waals surface area contributed by atoms with Crippen LogP contribution in [0.25, 0.3) is 0 Å². The van der Waals surface area contributed by atoms with Gasteiger partial charge in [0.05, 0.1) is 5.56 Å². The Morgan fingerprint density at radius 1 is 0.829 bits per heavy atom. The van der Waals surface area contributed by atoms with Gasteiger partial charge in [-0.15, -0.1) is 0 Å². The Labute approximate surface area is 198 Å². The first-order valence-corrected chi connectivity index (χ1v) is 10.8. The van der Waals surface area contributed by atoms with Crippen molar-refractivity contribution in [3.8, 4) is 0 Å². The van der Waals surface area contributed by atoms with E-state index in [0.717, 1.165) is 18.2 Å². The third-order valence-electron chi connectivity index (χ3n) is 5.56. The van der Waals surface area contributed by atoms with E-state index in [-0.39, 0.29) is 36.2 Å². The molecule has 0 bridgehead atoms. The molecule has 0 radical (unpaired) electrons. The van der Waals surface area contributed by atoms with Gasteiger partial charge in [-0.05, 0) is 37.1 Å². The molecule has 1 saturated heterocycles. The minimum atomic E-state index is -0.932.